The first-order chi connectivity index (χ1) is 16.8. The third kappa shape index (κ3) is 6.53. The zero-order valence-corrected chi connectivity index (χ0v) is 19.8. The molecule has 2 aliphatic rings. The van der Waals surface area contributed by atoms with E-state index in [1.54, 1.807) is 17.0 Å². The number of rotatable bonds is 6. The van der Waals surface area contributed by atoms with Gasteiger partial charge in [0.1, 0.15) is 11.9 Å². The SMILES string of the molecule is C[C@@H]1CN(c2ncc(OC(F)F)cn2)C[C@H](C)N1C(=O)OC1CCN(Cc2ccc(F)cc2)CC1. The second kappa shape index (κ2) is 11.1. The number of hydrogen-bond donors (Lipinski definition) is 0. The van der Waals surface area contributed by atoms with Gasteiger partial charge in [0.05, 0.1) is 24.5 Å². The van der Waals surface area contributed by atoms with Gasteiger partial charge in [-0.1, -0.05) is 12.1 Å². The van der Waals surface area contributed by atoms with Gasteiger partial charge in [-0.05, 0) is 44.4 Å². The average molecular weight is 494 g/mol. The third-order valence-corrected chi connectivity index (χ3v) is 6.37. The first-order valence-corrected chi connectivity index (χ1v) is 11.8. The van der Waals surface area contributed by atoms with Gasteiger partial charge in [-0.15, -0.1) is 0 Å². The van der Waals surface area contributed by atoms with Gasteiger partial charge in [-0.25, -0.2) is 19.2 Å². The summed E-state index contributed by atoms with van der Waals surface area (Å²) in [6, 6.07) is 6.22. The molecule has 0 spiro atoms. The van der Waals surface area contributed by atoms with Crippen LogP contribution in [0.1, 0.15) is 32.3 Å². The molecule has 0 aliphatic carbocycles. The summed E-state index contributed by atoms with van der Waals surface area (Å²) >= 11 is 0. The van der Waals surface area contributed by atoms with Crippen molar-refractivity contribution in [2.75, 3.05) is 31.1 Å². The maximum absolute atomic E-state index is 13.1. The van der Waals surface area contributed by atoms with Crippen molar-refractivity contribution in [3.05, 3.63) is 48.0 Å². The minimum atomic E-state index is -2.93. The van der Waals surface area contributed by atoms with Gasteiger partial charge in [-0.2, -0.15) is 8.78 Å². The van der Waals surface area contributed by atoms with Crippen molar-refractivity contribution in [1.29, 1.82) is 0 Å². The van der Waals surface area contributed by atoms with Crippen LogP contribution in [0.15, 0.2) is 36.7 Å². The maximum atomic E-state index is 13.1. The molecule has 2 saturated heterocycles. The number of piperidine rings is 1. The lowest BCUT2D eigenvalue weighted by atomic mass is 10.1. The van der Waals surface area contributed by atoms with Crippen molar-refractivity contribution >= 4 is 12.0 Å². The van der Waals surface area contributed by atoms with Crippen LogP contribution in [0.5, 0.6) is 5.75 Å². The van der Waals surface area contributed by atoms with Crippen LogP contribution in [0, 0.1) is 5.82 Å². The zero-order chi connectivity index (χ0) is 24.9. The summed E-state index contributed by atoms with van der Waals surface area (Å²) in [6.07, 6.45) is 3.45. The van der Waals surface area contributed by atoms with E-state index in [0.29, 0.717) is 19.0 Å². The van der Waals surface area contributed by atoms with Crippen LogP contribution in [0.3, 0.4) is 0 Å². The smallest absolute Gasteiger partial charge is 0.410 e. The number of carbonyl (C=O) groups is 1. The van der Waals surface area contributed by atoms with Crippen LogP contribution in [0.4, 0.5) is 23.9 Å². The van der Waals surface area contributed by atoms with Gasteiger partial charge in [0, 0.05) is 32.7 Å². The Balaban J connectivity index is 1.26. The topological polar surface area (TPSA) is 71.0 Å². The number of carbonyl (C=O) groups excluding carboxylic acids is 1. The lowest BCUT2D eigenvalue weighted by Gasteiger charge is -2.44. The van der Waals surface area contributed by atoms with Gasteiger partial charge >= 0.3 is 12.7 Å². The summed E-state index contributed by atoms with van der Waals surface area (Å²) in [5.74, 6) is 0.0520. The van der Waals surface area contributed by atoms with Crippen molar-refractivity contribution in [3.8, 4) is 5.75 Å². The van der Waals surface area contributed by atoms with E-state index in [4.69, 9.17) is 4.74 Å². The molecule has 3 heterocycles. The Morgan fingerprint density at radius 3 is 2.23 bits per heavy atom. The highest BCUT2D eigenvalue weighted by Crippen LogP contribution is 2.24. The Hall–Kier alpha value is -3.08. The molecule has 2 atom stereocenters. The fourth-order valence-electron chi connectivity index (χ4n) is 4.72. The van der Waals surface area contributed by atoms with E-state index in [1.165, 1.54) is 24.5 Å². The molecule has 0 radical (unpaired) electrons. The molecule has 0 N–H and O–H groups in total. The molecule has 2 aromatic rings. The molecule has 0 bridgehead atoms. The lowest BCUT2D eigenvalue weighted by molar-refractivity contribution is -0.0503. The molecule has 0 unspecified atom stereocenters. The Kier molecular flexibility index (Phi) is 7.94. The number of ether oxygens (including phenoxy) is 2. The summed E-state index contributed by atoms with van der Waals surface area (Å²) in [4.78, 5) is 27.2. The summed E-state index contributed by atoms with van der Waals surface area (Å²) in [6.45, 7) is 4.27. The van der Waals surface area contributed by atoms with Gasteiger partial charge < -0.3 is 14.4 Å². The molecular weight excluding hydrogens is 463 g/mol. The Morgan fingerprint density at radius 2 is 1.66 bits per heavy atom. The fraction of sp³-hybridized carbons (Fsp3) is 0.542. The highest BCUT2D eigenvalue weighted by Gasteiger charge is 2.36. The van der Waals surface area contributed by atoms with Crippen molar-refractivity contribution < 1.29 is 27.4 Å². The summed E-state index contributed by atoms with van der Waals surface area (Å²) in [5, 5.41) is 0. The molecule has 8 nitrogen and oxygen atoms in total. The largest absolute Gasteiger partial charge is 0.446 e. The highest BCUT2D eigenvalue weighted by molar-refractivity contribution is 5.69. The van der Waals surface area contributed by atoms with E-state index >= 15 is 0 Å². The number of benzene rings is 1. The second-order valence-electron chi connectivity index (χ2n) is 9.09. The molecule has 11 heteroatoms. The quantitative estimate of drug-likeness (QED) is 0.604. The van der Waals surface area contributed by atoms with Gasteiger partial charge in [0.25, 0.3) is 0 Å². The fourth-order valence-corrected chi connectivity index (χ4v) is 4.72. The van der Waals surface area contributed by atoms with Crippen LogP contribution < -0.4 is 9.64 Å². The molecule has 1 aromatic heterocycles. The van der Waals surface area contributed by atoms with E-state index in [-0.39, 0.29) is 35.8 Å². The number of nitrogens with zero attached hydrogens (tertiary/aromatic N) is 5. The number of anilines is 1. The van der Waals surface area contributed by atoms with Gasteiger partial charge in [-0.3, -0.25) is 9.80 Å². The van der Waals surface area contributed by atoms with Crippen molar-refractivity contribution in [3.63, 3.8) is 0 Å². The van der Waals surface area contributed by atoms with Crippen LogP contribution in [-0.2, 0) is 11.3 Å². The molecule has 35 heavy (non-hydrogen) atoms. The molecule has 4 rings (SSSR count). The number of halogens is 3. The van der Waals surface area contributed by atoms with Crippen LogP contribution >= 0.6 is 0 Å². The molecule has 1 amide bonds. The van der Waals surface area contributed by atoms with E-state index in [9.17, 15) is 18.0 Å². The van der Waals surface area contributed by atoms with Gasteiger partial charge in [0.15, 0.2) is 5.75 Å². The normalized spacial score (nSPS) is 21.9. The molecular formula is C24H30F3N5O3. The van der Waals surface area contributed by atoms with E-state index < -0.39 is 6.61 Å². The van der Waals surface area contributed by atoms with Crippen molar-refractivity contribution in [2.45, 2.75) is 58.0 Å². The predicted molar refractivity (Wildman–Crippen MR) is 123 cm³/mol. The van der Waals surface area contributed by atoms with E-state index in [2.05, 4.69) is 19.6 Å². The Morgan fingerprint density at radius 1 is 1.06 bits per heavy atom. The first kappa shape index (κ1) is 25.0. The molecule has 2 aliphatic heterocycles. The van der Waals surface area contributed by atoms with Gasteiger partial charge in [0.2, 0.25) is 5.95 Å². The predicted octanol–water partition coefficient (Wildman–Crippen LogP) is 3.92. The number of aromatic nitrogens is 2. The molecule has 190 valence electrons. The average Bonchev–Trinajstić information content (AvgIpc) is 2.81. The molecule has 2 fully saturated rings. The van der Waals surface area contributed by atoms with Crippen LogP contribution in [0.2, 0.25) is 0 Å². The first-order valence-electron chi connectivity index (χ1n) is 11.8. The number of likely N-dealkylation sites (tertiary alicyclic amines) is 1. The summed E-state index contributed by atoms with van der Waals surface area (Å²) in [5.41, 5.74) is 1.06. The standard InChI is InChI=1S/C24H30F3N5O3/c1-16-13-31(23-28-11-21(12-29-23)34-22(26)27)14-17(2)32(16)24(33)35-20-7-9-30(10-8-20)15-18-3-5-19(25)6-4-18/h3-6,11-12,16-17,20,22H,7-10,13-15H2,1-2H3/t16-,17+. The van der Waals surface area contributed by atoms with Crippen LogP contribution in [0.25, 0.3) is 0 Å². The van der Waals surface area contributed by atoms with E-state index in [0.717, 1.165) is 38.0 Å². The zero-order valence-electron chi connectivity index (χ0n) is 19.8. The minimum Gasteiger partial charge on any atom is -0.446 e. The van der Waals surface area contributed by atoms with E-state index in [1.807, 2.05) is 18.7 Å². The number of amides is 1. The third-order valence-electron chi connectivity index (χ3n) is 6.37. The number of piperazine rings is 1. The summed E-state index contributed by atoms with van der Waals surface area (Å²) in [7, 11) is 0. The van der Waals surface area contributed by atoms with Crippen LogP contribution in [-0.4, -0.2) is 76.8 Å². The Labute approximate surface area is 202 Å². The minimum absolute atomic E-state index is 0.101. The second-order valence-corrected chi connectivity index (χ2v) is 9.09. The Bertz CT molecular complexity index is 959. The summed E-state index contributed by atoms with van der Waals surface area (Å²) < 4.78 is 47.9. The number of alkyl halides is 2. The lowest BCUT2D eigenvalue weighted by Crippen LogP contribution is -2.59. The highest BCUT2D eigenvalue weighted by atomic mass is 19.3. The number of hydrogen-bond acceptors (Lipinski definition) is 7. The maximum Gasteiger partial charge on any atom is 0.410 e. The van der Waals surface area contributed by atoms with Crippen molar-refractivity contribution in [2.24, 2.45) is 0 Å². The monoisotopic (exact) mass is 493 g/mol. The van der Waals surface area contributed by atoms with Crippen molar-refractivity contribution in [1.82, 2.24) is 19.8 Å². The molecule has 0 saturated carbocycles. The molecule has 1 aromatic carbocycles.